The van der Waals surface area contributed by atoms with Crippen LogP contribution in [0.25, 0.3) is 0 Å². The summed E-state index contributed by atoms with van der Waals surface area (Å²) in [6.45, 7) is 1.28. The number of benzene rings is 1. The molecule has 1 aromatic rings. The number of para-hydroxylation sites is 1. The summed E-state index contributed by atoms with van der Waals surface area (Å²) < 4.78 is 5.37. The van der Waals surface area contributed by atoms with Gasteiger partial charge in [-0.3, -0.25) is 9.59 Å². The first-order chi connectivity index (χ1) is 11.1. The van der Waals surface area contributed by atoms with Gasteiger partial charge in [0.25, 0.3) is 0 Å². The molecule has 124 valence electrons. The molecular formula is C17H21ClN2O3. The minimum absolute atomic E-state index is 0.0202. The van der Waals surface area contributed by atoms with E-state index in [0.29, 0.717) is 36.2 Å². The molecule has 2 amide bonds. The first-order valence-electron chi connectivity index (χ1n) is 8.08. The molecule has 0 aromatic heterocycles. The molecule has 1 heterocycles. The lowest BCUT2D eigenvalue weighted by atomic mass is 10.0. The third-order valence-electron chi connectivity index (χ3n) is 4.20. The number of piperidine rings is 1. The Hall–Kier alpha value is -1.59. The lowest BCUT2D eigenvalue weighted by Crippen LogP contribution is -2.53. The van der Waals surface area contributed by atoms with Gasteiger partial charge in [-0.05, 0) is 43.7 Å². The van der Waals surface area contributed by atoms with Crippen LogP contribution in [0.1, 0.15) is 25.7 Å². The fourth-order valence-electron chi connectivity index (χ4n) is 2.76. The normalized spacial score (nSPS) is 21.3. The summed E-state index contributed by atoms with van der Waals surface area (Å²) in [7, 11) is 0. The second-order valence-electron chi connectivity index (χ2n) is 6.16. The van der Waals surface area contributed by atoms with Gasteiger partial charge in [0, 0.05) is 6.54 Å². The number of hydrogen-bond donors (Lipinski definition) is 1. The van der Waals surface area contributed by atoms with E-state index in [1.54, 1.807) is 11.0 Å². The summed E-state index contributed by atoms with van der Waals surface area (Å²) >= 11 is 6.18. The second kappa shape index (κ2) is 7.32. The highest BCUT2D eigenvalue weighted by molar-refractivity contribution is 6.33. The maximum absolute atomic E-state index is 12.6. The number of nitrogens with zero attached hydrogens (tertiary/aromatic N) is 1. The largest absolute Gasteiger partial charge is 0.371 e. The Morgan fingerprint density at radius 2 is 2.09 bits per heavy atom. The molecule has 0 radical (unpaired) electrons. The first kappa shape index (κ1) is 16.3. The monoisotopic (exact) mass is 336 g/mol. The van der Waals surface area contributed by atoms with Crippen LogP contribution in [0.3, 0.4) is 0 Å². The van der Waals surface area contributed by atoms with Gasteiger partial charge in [-0.15, -0.1) is 0 Å². The third-order valence-corrected chi connectivity index (χ3v) is 4.52. The van der Waals surface area contributed by atoms with Gasteiger partial charge in [0.1, 0.15) is 12.6 Å². The topological polar surface area (TPSA) is 58.6 Å². The molecule has 1 N–H and O–H groups in total. The van der Waals surface area contributed by atoms with E-state index in [1.807, 2.05) is 18.2 Å². The van der Waals surface area contributed by atoms with Gasteiger partial charge in [-0.2, -0.15) is 0 Å². The molecule has 1 aliphatic heterocycles. The first-order valence-corrected chi connectivity index (χ1v) is 8.46. The lowest BCUT2D eigenvalue weighted by Gasteiger charge is -2.33. The number of anilines is 1. The molecule has 0 spiro atoms. The fraction of sp³-hybridized carbons (Fsp3) is 0.529. The van der Waals surface area contributed by atoms with Crippen molar-refractivity contribution in [3.05, 3.63) is 29.3 Å². The van der Waals surface area contributed by atoms with Crippen molar-refractivity contribution in [2.45, 2.75) is 31.7 Å². The minimum atomic E-state index is -0.503. The van der Waals surface area contributed by atoms with E-state index >= 15 is 0 Å². The van der Waals surface area contributed by atoms with Crippen LogP contribution in [0, 0.1) is 5.92 Å². The average molecular weight is 337 g/mol. The third kappa shape index (κ3) is 4.24. The molecule has 1 atom stereocenters. The molecule has 6 heteroatoms. The summed E-state index contributed by atoms with van der Waals surface area (Å²) in [4.78, 5) is 26.2. The number of ether oxygens (including phenoxy) is 1. The Kier molecular flexibility index (Phi) is 5.18. The molecule has 1 aliphatic carbocycles. The Balaban J connectivity index is 1.56. The predicted octanol–water partition coefficient (Wildman–Crippen LogP) is 2.38. The van der Waals surface area contributed by atoms with Crippen molar-refractivity contribution in [3.8, 4) is 0 Å². The van der Waals surface area contributed by atoms with E-state index in [2.05, 4.69) is 5.32 Å². The van der Waals surface area contributed by atoms with Gasteiger partial charge in [-0.1, -0.05) is 23.7 Å². The van der Waals surface area contributed by atoms with Crippen molar-refractivity contribution >= 4 is 29.1 Å². The standard InChI is InChI=1S/C17H21ClN2O3/c18-13-4-1-2-6-15(13)20-9-3-5-14(17(20)22)19-16(21)11-23-10-12-7-8-12/h1-2,4,6,12,14H,3,5,7-11H2,(H,19,21). The SMILES string of the molecule is O=C(COCC1CC1)NC1CCCN(c2ccccc2Cl)C1=O. The summed E-state index contributed by atoms with van der Waals surface area (Å²) in [6.07, 6.45) is 3.85. The maximum atomic E-state index is 12.6. The molecule has 1 unspecified atom stereocenters. The van der Waals surface area contributed by atoms with Crippen molar-refractivity contribution in [2.75, 3.05) is 24.7 Å². The summed E-state index contributed by atoms with van der Waals surface area (Å²) in [5, 5.41) is 3.33. The average Bonchev–Trinajstić information content (AvgIpc) is 3.35. The quantitative estimate of drug-likeness (QED) is 0.867. The molecule has 2 aliphatic rings. The van der Waals surface area contributed by atoms with E-state index in [-0.39, 0.29) is 18.4 Å². The summed E-state index contributed by atoms with van der Waals surface area (Å²) in [5.74, 6) is 0.278. The summed E-state index contributed by atoms with van der Waals surface area (Å²) in [6, 6.07) is 6.76. The molecule has 5 nitrogen and oxygen atoms in total. The maximum Gasteiger partial charge on any atom is 0.249 e. The number of carbonyl (C=O) groups excluding carboxylic acids is 2. The van der Waals surface area contributed by atoms with E-state index in [1.165, 1.54) is 12.8 Å². The molecule has 0 bridgehead atoms. The number of rotatable bonds is 6. The van der Waals surface area contributed by atoms with Gasteiger partial charge >= 0.3 is 0 Å². The Morgan fingerprint density at radius 1 is 1.30 bits per heavy atom. The van der Waals surface area contributed by atoms with Gasteiger partial charge in [-0.25, -0.2) is 0 Å². The number of hydrogen-bond acceptors (Lipinski definition) is 3. The molecule has 1 aromatic carbocycles. The number of carbonyl (C=O) groups is 2. The number of halogens is 1. The van der Waals surface area contributed by atoms with Crippen LogP contribution in [0.15, 0.2) is 24.3 Å². The van der Waals surface area contributed by atoms with Crippen LogP contribution in [-0.2, 0) is 14.3 Å². The van der Waals surface area contributed by atoms with Crippen LogP contribution >= 0.6 is 11.6 Å². The van der Waals surface area contributed by atoms with Gasteiger partial charge in [0.05, 0.1) is 17.3 Å². The minimum Gasteiger partial charge on any atom is -0.371 e. The smallest absolute Gasteiger partial charge is 0.249 e. The van der Waals surface area contributed by atoms with E-state index in [4.69, 9.17) is 16.3 Å². The Bertz CT molecular complexity index is 589. The zero-order valence-electron chi connectivity index (χ0n) is 13.0. The summed E-state index contributed by atoms with van der Waals surface area (Å²) in [5.41, 5.74) is 0.697. The van der Waals surface area contributed by atoms with E-state index in [9.17, 15) is 9.59 Å². The molecule has 1 saturated heterocycles. The van der Waals surface area contributed by atoms with Gasteiger partial charge in [0.2, 0.25) is 11.8 Å². The van der Waals surface area contributed by atoms with Crippen LogP contribution in [0.4, 0.5) is 5.69 Å². The Labute approximate surface area is 140 Å². The van der Waals surface area contributed by atoms with Crippen molar-refractivity contribution < 1.29 is 14.3 Å². The molecule has 3 rings (SSSR count). The Morgan fingerprint density at radius 3 is 2.83 bits per heavy atom. The molecular weight excluding hydrogens is 316 g/mol. The number of amides is 2. The highest BCUT2D eigenvalue weighted by Crippen LogP contribution is 2.29. The van der Waals surface area contributed by atoms with E-state index in [0.717, 1.165) is 6.42 Å². The van der Waals surface area contributed by atoms with Crippen LogP contribution in [-0.4, -0.2) is 37.6 Å². The van der Waals surface area contributed by atoms with Crippen LogP contribution in [0.2, 0.25) is 5.02 Å². The van der Waals surface area contributed by atoms with Crippen molar-refractivity contribution in [1.82, 2.24) is 5.32 Å². The van der Waals surface area contributed by atoms with Crippen LogP contribution in [0.5, 0.6) is 0 Å². The molecule has 1 saturated carbocycles. The zero-order valence-corrected chi connectivity index (χ0v) is 13.7. The highest BCUT2D eigenvalue weighted by Gasteiger charge is 2.31. The zero-order chi connectivity index (χ0) is 16.2. The second-order valence-corrected chi connectivity index (χ2v) is 6.57. The van der Waals surface area contributed by atoms with Crippen molar-refractivity contribution in [2.24, 2.45) is 5.92 Å². The van der Waals surface area contributed by atoms with Gasteiger partial charge in [0.15, 0.2) is 0 Å². The van der Waals surface area contributed by atoms with Crippen molar-refractivity contribution in [3.63, 3.8) is 0 Å². The highest BCUT2D eigenvalue weighted by atomic mass is 35.5. The van der Waals surface area contributed by atoms with Crippen molar-refractivity contribution in [1.29, 1.82) is 0 Å². The van der Waals surface area contributed by atoms with Crippen LogP contribution < -0.4 is 10.2 Å². The lowest BCUT2D eigenvalue weighted by molar-refractivity contribution is -0.131. The molecule has 2 fully saturated rings. The number of nitrogens with one attached hydrogen (secondary N) is 1. The van der Waals surface area contributed by atoms with E-state index < -0.39 is 6.04 Å². The molecule has 23 heavy (non-hydrogen) atoms. The van der Waals surface area contributed by atoms with Gasteiger partial charge < -0.3 is 15.0 Å². The predicted molar refractivity (Wildman–Crippen MR) is 88.5 cm³/mol. The fourth-order valence-corrected chi connectivity index (χ4v) is 3.00.